The van der Waals surface area contributed by atoms with Crippen molar-refractivity contribution >= 4 is 39.3 Å². The van der Waals surface area contributed by atoms with E-state index in [-0.39, 0.29) is 19.2 Å². The van der Waals surface area contributed by atoms with Crippen molar-refractivity contribution in [3.8, 4) is 0 Å². The minimum Gasteiger partial charge on any atom is -0.465 e. The van der Waals surface area contributed by atoms with Gasteiger partial charge in [0.15, 0.2) is 5.82 Å². The molecule has 2 aromatic rings. The van der Waals surface area contributed by atoms with Gasteiger partial charge in [0.05, 0.1) is 18.6 Å². The standard InChI is InChI=1S/C23H31N5O5S2/c1-4-33-21(29)15-28(35(3,30)31)18-7-11-26(12-8-18)14-17-5-6-20-19(13-17)27(16-32-2)22-23(34-20)25-10-9-24-22/h5-6,9-10,13,18H,4,7-8,11-12,14-16H2,1-3H3. The fourth-order valence-electron chi connectivity index (χ4n) is 4.49. The fourth-order valence-corrected chi connectivity index (χ4v) is 6.56. The van der Waals surface area contributed by atoms with Gasteiger partial charge in [0, 0.05) is 50.1 Å². The monoisotopic (exact) mass is 521 g/mol. The minimum absolute atomic E-state index is 0.210. The van der Waals surface area contributed by atoms with E-state index in [4.69, 9.17) is 9.47 Å². The number of methoxy groups -OCH3 is 1. The molecule has 1 saturated heterocycles. The molecule has 12 heteroatoms. The Kier molecular flexibility index (Phi) is 8.27. The molecule has 1 fully saturated rings. The van der Waals surface area contributed by atoms with Crippen molar-refractivity contribution in [2.75, 3.05) is 51.2 Å². The summed E-state index contributed by atoms with van der Waals surface area (Å²) in [6, 6.07) is 6.17. The highest BCUT2D eigenvalue weighted by Crippen LogP contribution is 2.46. The van der Waals surface area contributed by atoms with Crippen LogP contribution in [0.2, 0.25) is 0 Å². The van der Waals surface area contributed by atoms with Crippen molar-refractivity contribution in [3.05, 3.63) is 36.2 Å². The second-order valence-electron chi connectivity index (χ2n) is 8.56. The molecule has 0 radical (unpaired) electrons. The molecule has 0 spiro atoms. The topological polar surface area (TPSA) is 105 Å². The van der Waals surface area contributed by atoms with Crippen LogP contribution in [-0.2, 0) is 30.8 Å². The predicted molar refractivity (Wildman–Crippen MR) is 133 cm³/mol. The van der Waals surface area contributed by atoms with Gasteiger partial charge in [-0.3, -0.25) is 14.6 Å². The molecule has 4 rings (SSSR count). The normalized spacial score (nSPS) is 16.7. The summed E-state index contributed by atoms with van der Waals surface area (Å²) in [4.78, 5) is 26.4. The number of esters is 1. The van der Waals surface area contributed by atoms with E-state index in [2.05, 4.69) is 33.1 Å². The molecule has 3 heterocycles. The van der Waals surface area contributed by atoms with Crippen LogP contribution < -0.4 is 4.90 Å². The van der Waals surface area contributed by atoms with Gasteiger partial charge in [-0.1, -0.05) is 17.8 Å². The summed E-state index contributed by atoms with van der Waals surface area (Å²) >= 11 is 1.60. The van der Waals surface area contributed by atoms with Crippen LogP contribution >= 0.6 is 11.8 Å². The lowest BCUT2D eigenvalue weighted by Crippen LogP contribution is -2.48. The molecule has 190 valence electrons. The maximum Gasteiger partial charge on any atom is 0.321 e. The molecule has 2 aliphatic heterocycles. The van der Waals surface area contributed by atoms with Gasteiger partial charge in [-0.2, -0.15) is 4.31 Å². The second kappa shape index (κ2) is 11.2. The van der Waals surface area contributed by atoms with Gasteiger partial charge in [-0.05, 0) is 37.5 Å². The molecule has 0 atom stereocenters. The van der Waals surface area contributed by atoms with E-state index < -0.39 is 16.0 Å². The van der Waals surface area contributed by atoms with Crippen molar-refractivity contribution in [1.29, 1.82) is 0 Å². The number of hydrogen-bond donors (Lipinski definition) is 0. The predicted octanol–water partition coefficient (Wildman–Crippen LogP) is 2.47. The van der Waals surface area contributed by atoms with Crippen LogP contribution in [0.3, 0.4) is 0 Å². The lowest BCUT2D eigenvalue weighted by atomic mass is 10.0. The van der Waals surface area contributed by atoms with Crippen LogP contribution in [0.25, 0.3) is 0 Å². The summed E-state index contributed by atoms with van der Waals surface area (Å²) in [5, 5.41) is 0.852. The van der Waals surface area contributed by atoms with E-state index in [9.17, 15) is 13.2 Å². The SMILES string of the molecule is CCOC(=O)CN(C1CCN(Cc2ccc3c(c2)N(COC)c2nccnc2S3)CC1)S(C)(=O)=O. The van der Waals surface area contributed by atoms with Crippen LogP contribution in [-0.4, -0.2) is 85.9 Å². The zero-order valence-corrected chi connectivity index (χ0v) is 21.8. The number of carbonyl (C=O) groups excluding carboxylic acids is 1. The summed E-state index contributed by atoms with van der Waals surface area (Å²) in [7, 11) is -1.86. The van der Waals surface area contributed by atoms with Gasteiger partial charge in [0.1, 0.15) is 18.3 Å². The highest BCUT2D eigenvalue weighted by atomic mass is 32.2. The number of aromatic nitrogens is 2. The molecule has 1 aromatic heterocycles. The van der Waals surface area contributed by atoms with E-state index >= 15 is 0 Å². The molecule has 0 aliphatic carbocycles. The number of fused-ring (bicyclic) bond motifs is 2. The van der Waals surface area contributed by atoms with Crippen molar-refractivity contribution in [2.45, 2.75) is 42.3 Å². The summed E-state index contributed by atoms with van der Waals surface area (Å²) in [6.07, 6.45) is 5.84. The van der Waals surface area contributed by atoms with Crippen molar-refractivity contribution in [2.24, 2.45) is 0 Å². The average Bonchev–Trinajstić information content (AvgIpc) is 2.83. The van der Waals surface area contributed by atoms with Crippen LogP contribution in [0.4, 0.5) is 11.5 Å². The number of carbonyl (C=O) groups is 1. The number of benzene rings is 1. The molecule has 0 bridgehead atoms. The molecular formula is C23H31N5O5S2. The quantitative estimate of drug-likeness (QED) is 0.457. The number of ether oxygens (including phenoxy) is 2. The zero-order chi connectivity index (χ0) is 25.0. The van der Waals surface area contributed by atoms with E-state index in [0.717, 1.165) is 52.9 Å². The molecule has 35 heavy (non-hydrogen) atoms. The lowest BCUT2D eigenvalue weighted by Gasteiger charge is -2.37. The Hall–Kier alpha value is -2.25. The van der Waals surface area contributed by atoms with Crippen LogP contribution in [0, 0.1) is 0 Å². The van der Waals surface area contributed by atoms with Crippen molar-refractivity contribution < 1.29 is 22.7 Å². The molecule has 1 aromatic carbocycles. The Labute approximate surface area is 210 Å². The molecular weight excluding hydrogens is 490 g/mol. The Balaban J connectivity index is 1.43. The maximum absolute atomic E-state index is 12.3. The van der Waals surface area contributed by atoms with Gasteiger partial charge in [0.2, 0.25) is 10.0 Å². The number of rotatable bonds is 9. The number of nitrogens with zero attached hydrogens (tertiary/aromatic N) is 5. The van der Waals surface area contributed by atoms with E-state index in [0.29, 0.717) is 19.6 Å². The molecule has 0 amide bonds. The first-order chi connectivity index (χ1) is 16.8. The van der Waals surface area contributed by atoms with Crippen molar-refractivity contribution in [1.82, 2.24) is 19.2 Å². The summed E-state index contributed by atoms with van der Waals surface area (Å²) in [6.45, 7) is 4.29. The summed E-state index contributed by atoms with van der Waals surface area (Å²) in [5.41, 5.74) is 2.19. The van der Waals surface area contributed by atoms with Gasteiger partial charge in [0.25, 0.3) is 0 Å². The molecule has 0 saturated carbocycles. The first kappa shape index (κ1) is 25.8. The Morgan fingerprint density at radius 3 is 2.66 bits per heavy atom. The molecule has 0 N–H and O–H groups in total. The Bertz CT molecular complexity index is 1150. The Morgan fingerprint density at radius 1 is 1.23 bits per heavy atom. The van der Waals surface area contributed by atoms with E-state index in [1.54, 1.807) is 38.2 Å². The number of piperidine rings is 1. The third-order valence-corrected chi connectivity index (χ3v) is 8.39. The molecule has 10 nitrogen and oxygen atoms in total. The summed E-state index contributed by atoms with van der Waals surface area (Å²) < 4.78 is 36.4. The average molecular weight is 522 g/mol. The molecule has 0 unspecified atom stereocenters. The fraction of sp³-hybridized carbons (Fsp3) is 0.522. The van der Waals surface area contributed by atoms with Crippen LogP contribution in [0.15, 0.2) is 40.5 Å². The highest BCUT2D eigenvalue weighted by Gasteiger charge is 2.32. The first-order valence-corrected chi connectivity index (χ1v) is 14.2. The van der Waals surface area contributed by atoms with Gasteiger partial charge in [-0.25, -0.2) is 18.4 Å². The van der Waals surface area contributed by atoms with Gasteiger partial charge in [-0.15, -0.1) is 0 Å². The Morgan fingerprint density at radius 2 is 1.97 bits per heavy atom. The maximum atomic E-state index is 12.3. The van der Waals surface area contributed by atoms with Gasteiger partial charge < -0.3 is 9.47 Å². The smallest absolute Gasteiger partial charge is 0.321 e. The van der Waals surface area contributed by atoms with Crippen molar-refractivity contribution in [3.63, 3.8) is 0 Å². The third-order valence-electron chi connectivity index (χ3n) is 6.07. The second-order valence-corrected chi connectivity index (χ2v) is 11.5. The van der Waals surface area contributed by atoms with E-state index in [1.165, 1.54) is 4.31 Å². The molecule has 2 aliphatic rings. The number of sulfonamides is 1. The van der Waals surface area contributed by atoms with E-state index in [1.807, 2.05) is 4.90 Å². The lowest BCUT2D eigenvalue weighted by molar-refractivity contribution is -0.143. The minimum atomic E-state index is -3.52. The van der Waals surface area contributed by atoms with Gasteiger partial charge >= 0.3 is 5.97 Å². The first-order valence-electron chi connectivity index (χ1n) is 11.5. The van der Waals surface area contributed by atoms with Crippen LogP contribution in [0.5, 0.6) is 0 Å². The summed E-state index contributed by atoms with van der Waals surface area (Å²) in [5.74, 6) is 0.270. The zero-order valence-electron chi connectivity index (χ0n) is 20.2. The largest absolute Gasteiger partial charge is 0.465 e. The number of hydrogen-bond acceptors (Lipinski definition) is 10. The third kappa shape index (κ3) is 6.12. The number of likely N-dealkylation sites (tertiary alicyclic amines) is 1. The highest BCUT2D eigenvalue weighted by molar-refractivity contribution is 7.99. The number of anilines is 2. The van der Waals surface area contributed by atoms with Crippen LogP contribution in [0.1, 0.15) is 25.3 Å².